The molecule has 1 heterocycles. The van der Waals surface area contributed by atoms with Gasteiger partial charge in [-0.05, 0) is 30.7 Å². The number of amides is 1. The number of anilines is 1. The van der Waals surface area contributed by atoms with Gasteiger partial charge in [0, 0.05) is 11.1 Å². The van der Waals surface area contributed by atoms with Crippen molar-refractivity contribution in [1.82, 2.24) is 10.2 Å². The fourth-order valence-corrected chi connectivity index (χ4v) is 2.16. The number of H-pyrrole nitrogens is 1. The molecular weight excluding hydrogens is 250 g/mol. The molecule has 0 bridgehead atoms. The Morgan fingerprint density at radius 2 is 2.00 bits per heavy atom. The van der Waals surface area contributed by atoms with E-state index in [9.17, 15) is 4.79 Å². The minimum atomic E-state index is -0.184. The molecule has 0 saturated carbocycles. The van der Waals surface area contributed by atoms with Gasteiger partial charge in [0.05, 0.1) is 17.6 Å². The van der Waals surface area contributed by atoms with Crippen LogP contribution < -0.4 is 5.32 Å². The number of hydrogen-bond acceptors (Lipinski definition) is 2. The van der Waals surface area contributed by atoms with E-state index in [1.807, 2.05) is 55.5 Å². The van der Waals surface area contributed by atoms with Crippen LogP contribution >= 0.6 is 0 Å². The van der Waals surface area contributed by atoms with Crippen LogP contribution in [0.1, 0.15) is 18.4 Å². The number of carbonyl (C=O) groups is 1. The van der Waals surface area contributed by atoms with Gasteiger partial charge in [-0.3, -0.25) is 9.89 Å². The van der Waals surface area contributed by atoms with Gasteiger partial charge < -0.3 is 5.32 Å². The lowest BCUT2D eigenvalue weighted by atomic mass is 10.0. The molecule has 2 aromatic carbocycles. The molecule has 0 aliphatic heterocycles. The fraction of sp³-hybridized carbons (Fsp3) is 0.125. The van der Waals surface area contributed by atoms with Crippen molar-refractivity contribution in [2.75, 3.05) is 5.32 Å². The SMILES string of the molecule is C[C@H](C(=O)Nc1ccc2[nH]ncc2c1)c1ccccc1. The molecule has 3 rings (SSSR count). The van der Waals surface area contributed by atoms with Gasteiger partial charge in [-0.15, -0.1) is 0 Å². The highest BCUT2D eigenvalue weighted by Gasteiger charge is 2.15. The minimum absolute atomic E-state index is 0.0148. The average molecular weight is 265 g/mol. The van der Waals surface area contributed by atoms with Crippen molar-refractivity contribution in [2.24, 2.45) is 0 Å². The maximum atomic E-state index is 12.3. The molecule has 0 saturated heterocycles. The van der Waals surface area contributed by atoms with Crippen LogP contribution in [0.15, 0.2) is 54.7 Å². The van der Waals surface area contributed by atoms with Crippen LogP contribution in [-0.2, 0) is 4.79 Å². The van der Waals surface area contributed by atoms with Crippen LogP contribution in [0.4, 0.5) is 5.69 Å². The summed E-state index contributed by atoms with van der Waals surface area (Å²) in [4.78, 5) is 12.3. The van der Waals surface area contributed by atoms with Crippen molar-refractivity contribution < 1.29 is 4.79 Å². The third kappa shape index (κ3) is 2.40. The molecule has 0 aliphatic carbocycles. The molecule has 1 atom stereocenters. The van der Waals surface area contributed by atoms with Gasteiger partial charge in [0.25, 0.3) is 0 Å². The molecule has 0 radical (unpaired) electrons. The van der Waals surface area contributed by atoms with Crippen molar-refractivity contribution in [3.8, 4) is 0 Å². The van der Waals surface area contributed by atoms with Crippen LogP contribution in [0.3, 0.4) is 0 Å². The van der Waals surface area contributed by atoms with Gasteiger partial charge in [0.15, 0.2) is 0 Å². The Morgan fingerprint density at radius 3 is 2.80 bits per heavy atom. The van der Waals surface area contributed by atoms with Crippen molar-refractivity contribution in [1.29, 1.82) is 0 Å². The number of nitrogens with zero attached hydrogens (tertiary/aromatic N) is 1. The monoisotopic (exact) mass is 265 g/mol. The maximum Gasteiger partial charge on any atom is 0.231 e. The maximum absolute atomic E-state index is 12.3. The molecule has 0 fully saturated rings. The predicted molar refractivity (Wildman–Crippen MR) is 79.6 cm³/mol. The first kappa shape index (κ1) is 12.4. The molecule has 4 nitrogen and oxygen atoms in total. The number of aromatic amines is 1. The predicted octanol–water partition coefficient (Wildman–Crippen LogP) is 3.31. The molecular formula is C16H15N3O. The molecule has 4 heteroatoms. The Bertz CT molecular complexity index is 734. The summed E-state index contributed by atoms with van der Waals surface area (Å²) in [6.45, 7) is 1.90. The molecule has 0 spiro atoms. The van der Waals surface area contributed by atoms with Gasteiger partial charge in [-0.2, -0.15) is 5.10 Å². The molecule has 100 valence electrons. The third-order valence-electron chi connectivity index (χ3n) is 3.40. The molecule has 2 N–H and O–H groups in total. The van der Waals surface area contributed by atoms with Crippen LogP contribution in [0.25, 0.3) is 10.9 Å². The van der Waals surface area contributed by atoms with Crippen molar-refractivity contribution in [2.45, 2.75) is 12.8 Å². The summed E-state index contributed by atoms with van der Waals surface area (Å²) in [5.74, 6) is -0.199. The standard InChI is InChI=1S/C16H15N3O/c1-11(12-5-3-2-4-6-12)16(20)18-14-7-8-15-13(9-14)10-17-19-15/h2-11H,1H3,(H,17,19)(H,18,20)/t11-/m0/s1. The normalized spacial score (nSPS) is 12.2. The summed E-state index contributed by atoms with van der Waals surface area (Å²) in [6, 6.07) is 15.4. The van der Waals surface area contributed by atoms with E-state index in [1.54, 1.807) is 6.20 Å². The molecule has 0 unspecified atom stereocenters. The molecule has 1 amide bonds. The summed E-state index contributed by atoms with van der Waals surface area (Å²) in [5.41, 5.74) is 2.75. The summed E-state index contributed by atoms with van der Waals surface area (Å²) in [6.07, 6.45) is 1.74. The van der Waals surface area contributed by atoms with E-state index in [2.05, 4.69) is 15.5 Å². The number of rotatable bonds is 3. The lowest BCUT2D eigenvalue weighted by molar-refractivity contribution is -0.117. The van der Waals surface area contributed by atoms with E-state index in [4.69, 9.17) is 0 Å². The quantitative estimate of drug-likeness (QED) is 0.763. The lowest BCUT2D eigenvalue weighted by Crippen LogP contribution is -2.18. The summed E-state index contributed by atoms with van der Waals surface area (Å²) >= 11 is 0. The molecule has 20 heavy (non-hydrogen) atoms. The number of aromatic nitrogens is 2. The Morgan fingerprint density at radius 1 is 1.20 bits per heavy atom. The van der Waals surface area contributed by atoms with E-state index in [0.717, 1.165) is 22.2 Å². The molecule has 0 aliphatic rings. The van der Waals surface area contributed by atoms with Crippen LogP contribution in [0, 0.1) is 0 Å². The highest BCUT2D eigenvalue weighted by atomic mass is 16.1. The minimum Gasteiger partial charge on any atom is -0.326 e. The molecule has 3 aromatic rings. The number of nitrogens with one attached hydrogen (secondary N) is 2. The van der Waals surface area contributed by atoms with Crippen molar-refractivity contribution in [3.63, 3.8) is 0 Å². The second kappa shape index (κ2) is 5.17. The highest BCUT2D eigenvalue weighted by molar-refractivity contribution is 5.97. The topological polar surface area (TPSA) is 57.8 Å². The smallest absolute Gasteiger partial charge is 0.231 e. The van der Waals surface area contributed by atoms with Crippen molar-refractivity contribution in [3.05, 3.63) is 60.3 Å². The Labute approximate surface area is 116 Å². The van der Waals surface area contributed by atoms with Crippen LogP contribution in [0.2, 0.25) is 0 Å². The van der Waals surface area contributed by atoms with Crippen LogP contribution in [0.5, 0.6) is 0 Å². The van der Waals surface area contributed by atoms with E-state index in [0.29, 0.717) is 0 Å². The first-order valence-corrected chi connectivity index (χ1v) is 6.53. The zero-order valence-corrected chi connectivity index (χ0v) is 11.1. The number of carbonyl (C=O) groups excluding carboxylic acids is 1. The van der Waals surface area contributed by atoms with Gasteiger partial charge in [-0.1, -0.05) is 30.3 Å². The van der Waals surface area contributed by atoms with Gasteiger partial charge >= 0.3 is 0 Å². The first-order chi connectivity index (χ1) is 9.74. The van der Waals surface area contributed by atoms with Gasteiger partial charge in [-0.25, -0.2) is 0 Å². The highest BCUT2D eigenvalue weighted by Crippen LogP contribution is 2.20. The zero-order chi connectivity index (χ0) is 13.9. The van der Waals surface area contributed by atoms with Crippen molar-refractivity contribution >= 4 is 22.5 Å². The van der Waals surface area contributed by atoms with Gasteiger partial charge in [0.1, 0.15) is 0 Å². The Hall–Kier alpha value is -2.62. The van der Waals surface area contributed by atoms with E-state index >= 15 is 0 Å². The second-order valence-corrected chi connectivity index (χ2v) is 4.79. The number of fused-ring (bicyclic) bond motifs is 1. The average Bonchev–Trinajstić information content (AvgIpc) is 2.95. The Kier molecular flexibility index (Phi) is 3.21. The summed E-state index contributed by atoms with van der Waals surface area (Å²) < 4.78 is 0. The number of benzene rings is 2. The Balaban J connectivity index is 1.78. The van der Waals surface area contributed by atoms with E-state index < -0.39 is 0 Å². The zero-order valence-electron chi connectivity index (χ0n) is 11.1. The van der Waals surface area contributed by atoms with Crippen LogP contribution in [-0.4, -0.2) is 16.1 Å². The number of hydrogen-bond donors (Lipinski definition) is 2. The lowest BCUT2D eigenvalue weighted by Gasteiger charge is -2.12. The third-order valence-corrected chi connectivity index (χ3v) is 3.40. The largest absolute Gasteiger partial charge is 0.326 e. The van der Waals surface area contributed by atoms with E-state index in [1.165, 1.54) is 0 Å². The summed E-state index contributed by atoms with van der Waals surface area (Å²) in [5, 5.41) is 10.8. The fourth-order valence-electron chi connectivity index (χ4n) is 2.16. The second-order valence-electron chi connectivity index (χ2n) is 4.79. The van der Waals surface area contributed by atoms with E-state index in [-0.39, 0.29) is 11.8 Å². The molecule has 1 aromatic heterocycles. The summed E-state index contributed by atoms with van der Waals surface area (Å²) in [7, 11) is 0. The first-order valence-electron chi connectivity index (χ1n) is 6.53. The van der Waals surface area contributed by atoms with Gasteiger partial charge in [0.2, 0.25) is 5.91 Å².